The third-order valence-electron chi connectivity index (χ3n) is 2.50. The molecule has 0 aromatic heterocycles. The molecular formula is C13H20ClN3O3. The number of amides is 2. The zero-order valence-electron chi connectivity index (χ0n) is 11.5. The second-order valence-corrected chi connectivity index (χ2v) is 4.10. The molecule has 1 aromatic rings. The molecule has 0 radical (unpaired) electrons. The molecule has 1 unspecified atom stereocenters. The maximum Gasteiger partial charge on any atom is 0.227 e. The SMILES string of the molecule is COC(CN)CC(=O)Nc1ccc(NC(C)=O)cc1.Cl. The lowest BCUT2D eigenvalue weighted by Gasteiger charge is -2.12. The monoisotopic (exact) mass is 301 g/mol. The summed E-state index contributed by atoms with van der Waals surface area (Å²) >= 11 is 0. The number of halogens is 1. The Labute approximate surface area is 124 Å². The van der Waals surface area contributed by atoms with Crippen LogP contribution >= 0.6 is 12.4 Å². The van der Waals surface area contributed by atoms with E-state index in [1.54, 1.807) is 24.3 Å². The van der Waals surface area contributed by atoms with Crippen molar-refractivity contribution in [2.45, 2.75) is 19.4 Å². The van der Waals surface area contributed by atoms with E-state index < -0.39 is 0 Å². The van der Waals surface area contributed by atoms with Gasteiger partial charge in [0.25, 0.3) is 0 Å². The molecule has 0 aliphatic heterocycles. The quantitative estimate of drug-likeness (QED) is 0.740. The van der Waals surface area contributed by atoms with E-state index in [-0.39, 0.29) is 36.7 Å². The number of ether oxygens (including phenoxy) is 1. The minimum absolute atomic E-state index is 0. The summed E-state index contributed by atoms with van der Waals surface area (Å²) in [5.74, 6) is -0.299. The summed E-state index contributed by atoms with van der Waals surface area (Å²) in [5, 5.41) is 5.38. The summed E-state index contributed by atoms with van der Waals surface area (Å²) in [6.07, 6.45) is -0.0702. The molecule has 1 atom stereocenters. The summed E-state index contributed by atoms with van der Waals surface area (Å²) in [5.41, 5.74) is 6.79. The Hall–Kier alpha value is -1.63. The minimum atomic E-state index is -0.279. The highest BCUT2D eigenvalue weighted by atomic mass is 35.5. The van der Waals surface area contributed by atoms with Crippen molar-refractivity contribution in [1.29, 1.82) is 0 Å². The lowest BCUT2D eigenvalue weighted by Crippen LogP contribution is -2.28. The lowest BCUT2D eigenvalue weighted by molar-refractivity contribution is -0.118. The Morgan fingerprint density at radius 2 is 1.70 bits per heavy atom. The van der Waals surface area contributed by atoms with E-state index in [1.165, 1.54) is 14.0 Å². The summed E-state index contributed by atoms with van der Waals surface area (Å²) in [6.45, 7) is 1.73. The molecule has 0 fully saturated rings. The molecule has 1 rings (SSSR count). The molecule has 0 aliphatic rings. The van der Waals surface area contributed by atoms with Gasteiger partial charge in [-0.3, -0.25) is 9.59 Å². The first kappa shape index (κ1) is 18.4. The molecule has 20 heavy (non-hydrogen) atoms. The van der Waals surface area contributed by atoms with Crippen LogP contribution in [0.15, 0.2) is 24.3 Å². The van der Waals surface area contributed by atoms with E-state index in [4.69, 9.17) is 10.5 Å². The maximum atomic E-state index is 11.7. The number of nitrogens with one attached hydrogen (secondary N) is 2. The summed E-state index contributed by atoms with van der Waals surface area (Å²) in [4.78, 5) is 22.5. The zero-order chi connectivity index (χ0) is 14.3. The van der Waals surface area contributed by atoms with Crippen LogP contribution in [-0.4, -0.2) is 31.6 Å². The molecule has 112 valence electrons. The van der Waals surface area contributed by atoms with E-state index in [0.29, 0.717) is 17.9 Å². The fourth-order valence-corrected chi connectivity index (χ4v) is 1.52. The van der Waals surface area contributed by atoms with Crippen molar-refractivity contribution < 1.29 is 14.3 Å². The third kappa shape index (κ3) is 6.51. The molecule has 0 spiro atoms. The van der Waals surface area contributed by atoms with Crippen LogP contribution in [0.1, 0.15) is 13.3 Å². The number of methoxy groups -OCH3 is 1. The molecule has 0 saturated carbocycles. The Kier molecular flexibility index (Phi) is 8.54. The van der Waals surface area contributed by atoms with Gasteiger partial charge < -0.3 is 21.1 Å². The van der Waals surface area contributed by atoms with Gasteiger partial charge in [-0.05, 0) is 24.3 Å². The number of benzene rings is 1. The van der Waals surface area contributed by atoms with Crippen molar-refractivity contribution in [1.82, 2.24) is 0 Å². The van der Waals surface area contributed by atoms with Gasteiger partial charge in [0.2, 0.25) is 11.8 Å². The molecule has 6 nitrogen and oxygen atoms in total. The second-order valence-electron chi connectivity index (χ2n) is 4.10. The van der Waals surface area contributed by atoms with Gasteiger partial charge in [-0.2, -0.15) is 0 Å². The smallest absolute Gasteiger partial charge is 0.227 e. The van der Waals surface area contributed by atoms with Crippen LogP contribution in [0.2, 0.25) is 0 Å². The number of hydrogen-bond acceptors (Lipinski definition) is 4. The number of hydrogen-bond donors (Lipinski definition) is 3. The van der Waals surface area contributed by atoms with Gasteiger partial charge in [0.15, 0.2) is 0 Å². The highest BCUT2D eigenvalue weighted by molar-refractivity contribution is 5.92. The number of nitrogens with two attached hydrogens (primary N) is 1. The van der Waals surface area contributed by atoms with E-state index >= 15 is 0 Å². The molecule has 4 N–H and O–H groups in total. The van der Waals surface area contributed by atoms with Crippen molar-refractivity contribution in [2.75, 3.05) is 24.3 Å². The average molecular weight is 302 g/mol. The van der Waals surface area contributed by atoms with Crippen LogP contribution < -0.4 is 16.4 Å². The van der Waals surface area contributed by atoms with E-state index in [9.17, 15) is 9.59 Å². The second kappa shape index (κ2) is 9.30. The molecule has 0 aliphatic carbocycles. The fourth-order valence-electron chi connectivity index (χ4n) is 1.52. The standard InChI is InChI=1S/C13H19N3O3.ClH/c1-9(17)15-10-3-5-11(6-4-10)16-13(18)7-12(8-14)19-2;/h3-6,12H,7-8,14H2,1-2H3,(H,15,17)(H,16,18);1H. The predicted octanol–water partition coefficient (Wildman–Crippen LogP) is 1.37. The Morgan fingerprint density at radius 3 is 2.10 bits per heavy atom. The van der Waals surface area contributed by atoms with E-state index in [2.05, 4.69) is 10.6 Å². The first-order chi connectivity index (χ1) is 9.05. The molecule has 2 amide bonds. The number of carbonyl (C=O) groups excluding carboxylic acids is 2. The van der Waals surface area contributed by atoms with E-state index in [1.807, 2.05) is 0 Å². The molecule has 0 saturated heterocycles. The molecule has 0 heterocycles. The molecule has 1 aromatic carbocycles. The van der Waals surface area contributed by atoms with Gasteiger partial charge in [-0.15, -0.1) is 12.4 Å². The Balaban J connectivity index is 0.00000361. The van der Waals surface area contributed by atoms with Gasteiger partial charge >= 0.3 is 0 Å². The summed E-state index contributed by atoms with van der Waals surface area (Å²) in [7, 11) is 1.52. The highest BCUT2D eigenvalue weighted by Crippen LogP contribution is 2.14. The summed E-state index contributed by atoms with van der Waals surface area (Å²) in [6, 6.07) is 6.86. The molecule has 0 bridgehead atoms. The van der Waals surface area contributed by atoms with Gasteiger partial charge in [-0.25, -0.2) is 0 Å². The summed E-state index contributed by atoms with van der Waals surface area (Å²) < 4.78 is 5.04. The lowest BCUT2D eigenvalue weighted by atomic mass is 10.2. The first-order valence-electron chi connectivity index (χ1n) is 5.95. The van der Waals surface area contributed by atoms with Gasteiger partial charge in [-0.1, -0.05) is 0 Å². The van der Waals surface area contributed by atoms with Crippen LogP contribution in [0.25, 0.3) is 0 Å². The number of anilines is 2. The Morgan fingerprint density at radius 1 is 1.20 bits per heavy atom. The minimum Gasteiger partial charge on any atom is -0.380 e. The van der Waals surface area contributed by atoms with Crippen LogP contribution in [0.4, 0.5) is 11.4 Å². The predicted molar refractivity (Wildman–Crippen MR) is 81.1 cm³/mol. The third-order valence-corrected chi connectivity index (χ3v) is 2.50. The topological polar surface area (TPSA) is 93.4 Å². The number of rotatable bonds is 6. The van der Waals surface area contributed by atoms with Crippen LogP contribution in [0, 0.1) is 0 Å². The molecule has 7 heteroatoms. The van der Waals surface area contributed by atoms with Crippen LogP contribution in [-0.2, 0) is 14.3 Å². The highest BCUT2D eigenvalue weighted by Gasteiger charge is 2.11. The zero-order valence-corrected chi connectivity index (χ0v) is 12.3. The van der Waals surface area contributed by atoms with Gasteiger partial charge in [0.1, 0.15) is 0 Å². The normalized spacial score (nSPS) is 11.2. The van der Waals surface area contributed by atoms with Crippen molar-refractivity contribution in [3.63, 3.8) is 0 Å². The van der Waals surface area contributed by atoms with Crippen molar-refractivity contribution in [3.05, 3.63) is 24.3 Å². The van der Waals surface area contributed by atoms with Crippen molar-refractivity contribution in [2.24, 2.45) is 5.73 Å². The molecular weight excluding hydrogens is 282 g/mol. The fraction of sp³-hybridized carbons (Fsp3) is 0.385. The average Bonchev–Trinajstić information content (AvgIpc) is 2.37. The van der Waals surface area contributed by atoms with Crippen LogP contribution in [0.5, 0.6) is 0 Å². The first-order valence-corrected chi connectivity index (χ1v) is 5.95. The van der Waals surface area contributed by atoms with Crippen molar-refractivity contribution in [3.8, 4) is 0 Å². The van der Waals surface area contributed by atoms with Crippen LogP contribution in [0.3, 0.4) is 0 Å². The Bertz CT molecular complexity index is 433. The van der Waals surface area contributed by atoms with Gasteiger partial charge in [0, 0.05) is 32.0 Å². The van der Waals surface area contributed by atoms with E-state index in [0.717, 1.165) is 0 Å². The number of carbonyl (C=O) groups is 2. The van der Waals surface area contributed by atoms with Gasteiger partial charge in [0.05, 0.1) is 12.5 Å². The maximum absolute atomic E-state index is 11.7. The van der Waals surface area contributed by atoms with Crippen molar-refractivity contribution >= 4 is 35.6 Å². The largest absolute Gasteiger partial charge is 0.380 e.